The molecule has 1 aromatic rings. The van der Waals surface area contributed by atoms with Gasteiger partial charge in [-0.05, 0) is 49.3 Å². The van der Waals surface area contributed by atoms with E-state index in [0.29, 0.717) is 24.5 Å². The molecule has 5 nitrogen and oxygen atoms in total. The second-order valence-electron chi connectivity index (χ2n) is 7.46. The van der Waals surface area contributed by atoms with E-state index in [2.05, 4.69) is 5.32 Å². The summed E-state index contributed by atoms with van der Waals surface area (Å²) in [6.07, 6.45) is 7.11. The van der Waals surface area contributed by atoms with Crippen LogP contribution < -0.4 is 11.1 Å². The molecule has 1 aliphatic heterocycles. The predicted molar refractivity (Wildman–Crippen MR) is 110 cm³/mol. The van der Waals surface area contributed by atoms with Gasteiger partial charge in [-0.15, -0.1) is 12.4 Å². The van der Waals surface area contributed by atoms with Gasteiger partial charge in [0.25, 0.3) is 0 Å². The van der Waals surface area contributed by atoms with E-state index in [1.807, 2.05) is 18.2 Å². The highest BCUT2D eigenvalue weighted by atomic mass is 35.5. The second-order valence-corrected chi connectivity index (χ2v) is 7.90. The van der Waals surface area contributed by atoms with Crippen LogP contribution in [0.3, 0.4) is 0 Å². The van der Waals surface area contributed by atoms with Crippen LogP contribution in [0.1, 0.15) is 50.5 Å². The maximum Gasteiger partial charge on any atom is 0.243 e. The highest BCUT2D eigenvalue weighted by Gasteiger charge is 2.38. The Morgan fingerprint density at radius 2 is 1.93 bits per heavy atom. The Morgan fingerprint density at radius 1 is 1.19 bits per heavy atom. The largest absolute Gasteiger partial charge is 0.350 e. The quantitative estimate of drug-likeness (QED) is 0.777. The molecule has 1 aromatic carbocycles. The van der Waals surface area contributed by atoms with Gasteiger partial charge in [-0.3, -0.25) is 9.59 Å². The molecule has 0 radical (unpaired) electrons. The van der Waals surface area contributed by atoms with Crippen molar-refractivity contribution in [2.75, 3.05) is 6.54 Å². The molecule has 150 valence electrons. The Morgan fingerprint density at radius 3 is 2.63 bits per heavy atom. The minimum atomic E-state index is -0.475. The smallest absolute Gasteiger partial charge is 0.243 e. The molecule has 2 fully saturated rings. The number of hydrogen-bond donors (Lipinski definition) is 2. The van der Waals surface area contributed by atoms with E-state index in [0.717, 1.165) is 37.7 Å². The summed E-state index contributed by atoms with van der Waals surface area (Å²) < 4.78 is 0. The van der Waals surface area contributed by atoms with Crippen LogP contribution in [0.4, 0.5) is 0 Å². The predicted octanol–water partition coefficient (Wildman–Crippen LogP) is 3.28. The number of likely N-dealkylation sites (tertiary alicyclic amines) is 1. The molecule has 7 heteroatoms. The minimum Gasteiger partial charge on any atom is -0.350 e. The number of amides is 2. The fraction of sp³-hybridized carbons (Fsp3) is 0.600. The molecule has 2 amide bonds. The van der Waals surface area contributed by atoms with Crippen molar-refractivity contribution in [3.63, 3.8) is 0 Å². The lowest BCUT2D eigenvalue weighted by Crippen LogP contribution is -2.53. The molecule has 0 unspecified atom stereocenters. The lowest BCUT2D eigenvalue weighted by Gasteiger charge is -2.32. The van der Waals surface area contributed by atoms with Crippen molar-refractivity contribution in [3.05, 3.63) is 34.9 Å². The van der Waals surface area contributed by atoms with Gasteiger partial charge in [-0.1, -0.05) is 43.0 Å². The number of hydrogen-bond acceptors (Lipinski definition) is 3. The first kappa shape index (κ1) is 22.0. The van der Waals surface area contributed by atoms with Crippen molar-refractivity contribution in [2.45, 2.75) is 63.6 Å². The lowest BCUT2D eigenvalue weighted by molar-refractivity contribution is -0.140. The molecule has 1 aliphatic carbocycles. The molecule has 3 rings (SSSR count). The van der Waals surface area contributed by atoms with E-state index in [1.54, 1.807) is 11.0 Å². The van der Waals surface area contributed by atoms with Crippen molar-refractivity contribution >= 4 is 35.8 Å². The number of benzene rings is 1. The van der Waals surface area contributed by atoms with Crippen LogP contribution in [0.25, 0.3) is 0 Å². The standard InChI is InChI=1S/C20H28ClN3O2.ClH/c21-16-9-4-6-14(12-16)13-23-19(25)17-10-5-11-24(17)20(26)18(22)15-7-2-1-3-8-15;/h4,6,9,12,15,17-18H,1-3,5,7-8,10-11,13,22H2,(H,23,25);1H/t17-,18+;/m0./s1. The number of halogens is 2. The van der Waals surface area contributed by atoms with E-state index in [1.165, 1.54) is 6.42 Å². The van der Waals surface area contributed by atoms with Crippen LogP contribution in [0.15, 0.2) is 24.3 Å². The number of nitrogens with two attached hydrogens (primary N) is 1. The maximum atomic E-state index is 12.9. The highest BCUT2D eigenvalue weighted by Crippen LogP contribution is 2.28. The van der Waals surface area contributed by atoms with Gasteiger partial charge in [0.15, 0.2) is 0 Å². The van der Waals surface area contributed by atoms with E-state index in [-0.39, 0.29) is 30.1 Å². The lowest BCUT2D eigenvalue weighted by atomic mass is 9.83. The van der Waals surface area contributed by atoms with Gasteiger partial charge in [-0.25, -0.2) is 0 Å². The van der Waals surface area contributed by atoms with Crippen LogP contribution in [-0.2, 0) is 16.1 Å². The van der Waals surface area contributed by atoms with E-state index in [4.69, 9.17) is 17.3 Å². The summed E-state index contributed by atoms with van der Waals surface area (Å²) in [5.41, 5.74) is 7.22. The summed E-state index contributed by atoms with van der Waals surface area (Å²) in [6.45, 7) is 1.03. The number of carbonyl (C=O) groups is 2. The number of rotatable bonds is 5. The summed E-state index contributed by atoms with van der Waals surface area (Å²) in [4.78, 5) is 27.2. The van der Waals surface area contributed by atoms with Crippen LogP contribution >= 0.6 is 24.0 Å². The summed E-state index contributed by atoms with van der Waals surface area (Å²) in [5.74, 6) is 0.0935. The van der Waals surface area contributed by atoms with E-state index < -0.39 is 12.1 Å². The fourth-order valence-corrected chi connectivity index (χ4v) is 4.36. The average molecular weight is 414 g/mol. The SMILES string of the molecule is Cl.N[C@@H](C(=O)N1CCC[C@H]1C(=O)NCc1cccc(Cl)c1)C1CCCCC1. The Hall–Kier alpha value is -1.30. The molecule has 1 saturated heterocycles. The molecule has 1 saturated carbocycles. The van der Waals surface area contributed by atoms with E-state index in [9.17, 15) is 9.59 Å². The van der Waals surface area contributed by atoms with Crippen molar-refractivity contribution in [2.24, 2.45) is 11.7 Å². The Balaban J connectivity index is 0.00000261. The molecule has 1 heterocycles. The van der Waals surface area contributed by atoms with Gasteiger partial charge in [0, 0.05) is 18.1 Å². The third-order valence-electron chi connectivity index (χ3n) is 5.64. The molecular formula is C20H29Cl2N3O2. The minimum absolute atomic E-state index is 0. The third kappa shape index (κ3) is 5.59. The first-order valence-corrected chi connectivity index (χ1v) is 10.0. The first-order chi connectivity index (χ1) is 12.6. The normalized spacial score (nSPS) is 21.4. The van der Waals surface area contributed by atoms with Crippen molar-refractivity contribution < 1.29 is 9.59 Å². The Bertz CT molecular complexity index is 650. The number of nitrogens with zero attached hydrogens (tertiary/aromatic N) is 1. The Kier molecular flexibility index (Phi) is 8.39. The summed E-state index contributed by atoms with van der Waals surface area (Å²) in [6, 6.07) is 6.53. The maximum absolute atomic E-state index is 12.9. The third-order valence-corrected chi connectivity index (χ3v) is 5.87. The molecule has 27 heavy (non-hydrogen) atoms. The zero-order valence-corrected chi connectivity index (χ0v) is 17.1. The number of nitrogens with one attached hydrogen (secondary N) is 1. The van der Waals surface area contributed by atoms with Gasteiger partial charge < -0.3 is 16.0 Å². The monoisotopic (exact) mass is 413 g/mol. The van der Waals surface area contributed by atoms with Crippen molar-refractivity contribution in [1.29, 1.82) is 0 Å². The topological polar surface area (TPSA) is 75.4 Å². The molecule has 0 aromatic heterocycles. The van der Waals surface area contributed by atoms with E-state index >= 15 is 0 Å². The molecule has 0 bridgehead atoms. The molecule has 3 N–H and O–H groups in total. The van der Waals surface area contributed by atoms with Crippen LogP contribution in [-0.4, -0.2) is 35.3 Å². The molecular weight excluding hydrogens is 385 g/mol. The molecule has 0 spiro atoms. The van der Waals surface area contributed by atoms with Gasteiger partial charge in [0.2, 0.25) is 11.8 Å². The fourth-order valence-electron chi connectivity index (χ4n) is 4.14. The molecule has 2 atom stereocenters. The summed E-state index contributed by atoms with van der Waals surface area (Å²) >= 11 is 5.98. The van der Waals surface area contributed by atoms with Gasteiger partial charge in [0.05, 0.1) is 6.04 Å². The van der Waals surface area contributed by atoms with Crippen molar-refractivity contribution in [3.8, 4) is 0 Å². The van der Waals surface area contributed by atoms with Crippen molar-refractivity contribution in [1.82, 2.24) is 10.2 Å². The second kappa shape index (κ2) is 10.3. The van der Waals surface area contributed by atoms with Gasteiger partial charge in [0.1, 0.15) is 6.04 Å². The average Bonchev–Trinajstić information content (AvgIpc) is 3.15. The van der Waals surface area contributed by atoms with Crippen LogP contribution in [0.5, 0.6) is 0 Å². The summed E-state index contributed by atoms with van der Waals surface area (Å²) in [5, 5.41) is 3.59. The summed E-state index contributed by atoms with van der Waals surface area (Å²) in [7, 11) is 0. The Labute approximate surface area is 172 Å². The zero-order valence-electron chi connectivity index (χ0n) is 15.5. The number of carbonyl (C=O) groups excluding carboxylic acids is 2. The van der Waals surface area contributed by atoms with Gasteiger partial charge in [-0.2, -0.15) is 0 Å². The first-order valence-electron chi connectivity index (χ1n) is 9.64. The zero-order chi connectivity index (χ0) is 18.5. The van der Waals surface area contributed by atoms with Gasteiger partial charge >= 0.3 is 0 Å². The van der Waals surface area contributed by atoms with Crippen LogP contribution in [0, 0.1) is 5.92 Å². The highest BCUT2D eigenvalue weighted by molar-refractivity contribution is 6.30. The van der Waals surface area contributed by atoms with Crippen LogP contribution in [0.2, 0.25) is 5.02 Å². The molecule has 2 aliphatic rings.